The van der Waals surface area contributed by atoms with Gasteiger partial charge >= 0.3 is 0 Å². The molecule has 0 saturated heterocycles. The summed E-state index contributed by atoms with van der Waals surface area (Å²) in [5, 5.41) is 3.58. The second kappa shape index (κ2) is 10.1. The van der Waals surface area contributed by atoms with Gasteiger partial charge in [-0.15, -0.1) is 0 Å². The van der Waals surface area contributed by atoms with Crippen LogP contribution in [0.2, 0.25) is 5.02 Å². The van der Waals surface area contributed by atoms with Gasteiger partial charge in [-0.1, -0.05) is 30.3 Å². The number of carbonyl (C=O) groups is 1. The Bertz CT molecular complexity index is 979. The number of para-hydroxylation sites is 2. The van der Waals surface area contributed by atoms with Crippen molar-refractivity contribution in [3.63, 3.8) is 0 Å². The molecular weight excluding hydrogens is 386 g/mol. The van der Waals surface area contributed by atoms with Gasteiger partial charge in [0, 0.05) is 30.1 Å². The molecule has 29 heavy (non-hydrogen) atoms. The van der Waals surface area contributed by atoms with Gasteiger partial charge in [0.2, 0.25) is 5.91 Å². The SMILES string of the molecule is C=C(C)C(=O)NCCc1nc2ccccc2n1CCCCOc1ccc(Cl)cc1. The molecule has 0 unspecified atom stereocenters. The van der Waals surface area contributed by atoms with Crippen molar-refractivity contribution < 1.29 is 9.53 Å². The van der Waals surface area contributed by atoms with Crippen LogP contribution in [0.3, 0.4) is 0 Å². The Hall–Kier alpha value is -2.79. The van der Waals surface area contributed by atoms with Gasteiger partial charge < -0.3 is 14.6 Å². The van der Waals surface area contributed by atoms with Crippen LogP contribution in [0.1, 0.15) is 25.6 Å². The van der Waals surface area contributed by atoms with Gasteiger partial charge in [0.15, 0.2) is 0 Å². The Morgan fingerprint density at radius 1 is 1.17 bits per heavy atom. The number of halogens is 1. The summed E-state index contributed by atoms with van der Waals surface area (Å²) in [6.07, 6.45) is 2.58. The van der Waals surface area contributed by atoms with E-state index in [0.717, 1.165) is 42.0 Å². The molecule has 0 bridgehead atoms. The lowest BCUT2D eigenvalue weighted by molar-refractivity contribution is -0.117. The van der Waals surface area contributed by atoms with Crippen molar-refractivity contribution in [3.8, 4) is 5.75 Å². The van der Waals surface area contributed by atoms with Gasteiger partial charge in [0.05, 0.1) is 17.6 Å². The predicted molar refractivity (Wildman–Crippen MR) is 117 cm³/mol. The van der Waals surface area contributed by atoms with E-state index in [0.29, 0.717) is 30.2 Å². The molecule has 0 aliphatic heterocycles. The number of rotatable bonds is 10. The molecule has 0 radical (unpaired) electrons. The van der Waals surface area contributed by atoms with Crippen LogP contribution in [-0.2, 0) is 17.8 Å². The number of nitrogens with one attached hydrogen (secondary N) is 1. The molecule has 2 aromatic carbocycles. The second-order valence-electron chi connectivity index (χ2n) is 6.96. The lowest BCUT2D eigenvalue weighted by atomic mass is 10.2. The molecule has 0 aliphatic rings. The zero-order valence-electron chi connectivity index (χ0n) is 16.7. The van der Waals surface area contributed by atoms with Gasteiger partial charge in [-0.05, 0) is 56.2 Å². The van der Waals surface area contributed by atoms with Crippen LogP contribution >= 0.6 is 11.6 Å². The van der Waals surface area contributed by atoms with E-state index >= 15 is 0 Å². The van der Waals surface area contributed by atoms with E-state index in [4.69, 9.17) is 21.3 Å². The van der Waals surface area contributed by atoms with E-state index in [-0.39, 0.29) is 5.91 Å². The summed E-state index contributed by atoms with van der Waals surface area (Å²) in [5.41, 5.74) is 2.61. The van der Waals surface area contributed by atoms with Crippen LogP contribution in [0.15, 0.2) is 60.7 Å². The lowest BCUT2D eigenvalue weighted by Crippen LogP contribution is -2.26. The van der Waals surface area contributed by atoms with E-state index in [1.807, 2.05) is 42.5 Å². The predicted octanol–water partition coefficient (Wildman–Crippen LogP) is 4.78. The zero-order valence-corrected chi connectivity index (χ0v) is 17.4. The maximum absolute atomic E-state index is 11.7. The summed E-state index contributed by atoms with van der Waals surface area (Å²) >= 11 is 5.89. The maximum atomic E-state index is 11.7. The van der Waals surface area contributed by atoms with E-state index in [1.54, 1.807) is 6.92 Å². The van der Waals surface area contributed by atoms with Crippen molar-refractivity contribution in [2.24, 2.45) is 0 Å². The Balaban J connectivity index is 1.56. The summed E-state index contributed by atoms with van der Waals surface area (Å²) in [4.78, 5) is 16.5. The lowest BCUT2D eigenvalue weighted by Gasteiger charge is -2.11. The molecule has 1 N–H and O–H groups in total. The molecule has 3 aromatic rings. The van der Waals surface area contributed by atoms with Crippen LogP contribution in [0.25, 0.3) is 11.0 Å². The Labute approximate surface area is 176 Å². The van der Waals surface area contributed by atoms with Crippen LogP contribution in [0.4, 0.5) is 0 Å². The summed E-state index contributed by atoms with van der Waals surface area (Å²) in [5.74, 6) is 1.69. The van der Waals surface area contributed by atoms with Crippen molar-refractivity contribution in [1.82, 2.24) is 14.9 Å². The first-order valence-corrected chi connectivity index (χ1v) is 10.2. The first-order chi connectivity index (χ1) is 14.0. The zero-order chi connectivity index (χ0) is 20.6. The minimum atomic E-state index is -0.119. The number of unbranched alkanes of at least 4 members (excludes halogenated alkanes) is 1. The molecule has 1 heterocycles. The molecule has 3 rings (SSSR count). The second-order valence-corrected chi connectivity index (χ2v) is 7.40. The topological polar surface area (TPSA) is 56.2 Å². The Morgan fingerprint density at radius 2 is 1.93 bits per heavy atom. The molecule has 5 nitrogen and oxygen atoms in total. The number of amides is 1. The van der Waals surface area contributed by atoms with E-state index < -0.39 is 0 Å². The molecule has 0 saturated carbocycles. The minimum absolute atomic E-state index is 0.119. The third-order valence-electron chi connectivity index (χ3n) is 4.61. The molecule has 6 heteroatoms. The summed E-state index contributed by atoms with van der Waals surface area (Å²) in [7, 11) is 0. The molecule has 0 spiro atoms. The molecule has 0 atom stereocenters. The monoisotopic (exact) mass is 411 g/mol. The highest BCUT2D eigenvalue weighted by Crippen LogP contribution is 2.18. The highest BCUT2D eigenvalue weighted by Gasteiger charge is 2.11. The third-order valence-corrected chi connectivity index (χ3v) is 4.87. The minimum Gasteiger partial charge on any atom is -0.494 e. The fourth-order valence-electron chi connectivity index (χ4n) is 3.10. The van der Waals surface area contributed by atoms with Crippen molar-refractivity contribution in [2.75, 3.05) is 13.2 Å². The van der Waals surface area contributed by atoms with Crippen molar-refractivity contribution in [1.29, 1.82) is 0 Å². The maximum Gasteiger partial charge on any atom is 0.246 e. The largest absolute Gasteiger partial charge is 0.494 e. The first kappa shape index (κ1) is 20.9. The van der Waals surface area contributed by atoms with E-state index in [9.17, 15) is 4.79 Å². The molecule has 152 valence electrons. The number of fused-ring (bicyclic) bond motifs is 1. The molecule has 0 aliphatic carbocycles. The van der Waals surface area contributed by atoms with Gasteiger partial charge in [-0.25, -0.2) is 4.98 Å². The molecule has 1 aromatic heterocycles. The van der Waals surface area contributed by atoms with Gasteiger partial charge in [0.1, 0.15) is 11.6 Å². The van der Waals surface area contributed by atoms with Crippen LogP contribution in [-0.4, -0.2) is 28.6 Å². The van der Waals surface area contributed by atoms with E-state index in [1.165, 1.54) is 0 Å². The van der Waals surface area contributed by atoms with Crippen molar-refractivity contribution >= 4 is 28.5 Å². The van der Waals surface area contributed by atoms with Crippen LogP contribution in [0.5, 0.6) is 5.75 Å². The number of ether oxygens (including phenoxy) is 1. The number of aryl methyl sites for hydroxylation is 1. The standard InChI is InChI=1S/C23H26ClN3O2/c1-17(2)23(28)25-14-13-22-26-20-7-3-4-8-21(20)27(22)15-5-6-16-29-19-11-9-18(24)10-12-19/h3-4,7-12H,1,5-6,13-16H2,2H3,(H,25,28). The Morgan fingerprint density at radius 3 is 2.69 bits per heavy atom. The van der Waals surface area contributed by atoms with Gasteiger partial charge in [-0.2, -0.15) is 0 Å². The normalized spacial score (nSPS) is 10.8. The van der Waals surface area contributed by atoms with Gasteiger partial charge in [-0.3, -0.25) is 4.79 Å². The Kier molecular flexibility index (Phi) is 7.30. The number of benzene rings is 2. The number of hydrogen-bond acceptors (Lipinski definition) is 3. The number of imidazole rings is 1. The first-order valence-electron chi connectivity index (χ1n) is 9.81. The third kappa shape index (κ3) is 5.84. The molecule has 1 amide bonds. The van der Waals surface area contributed by atoms with Gasteiger partial charge in [0.25, 0.3) is 0 Å². The fraction of sp³-hybridized carbons (Fsp3) is 0.304. The van der Waals surface area contributed by atoms with Crippen LogP contribution in [0, 0.1) is 0 Å². The fourth-order valence-corrected chi connectivity index (χ4v) is 3.22. The summed E-state index contributed by atoms with van der Waals surface area (Å²) in [6.45, 7) is 7.41. The summed E-state index contributed by atoms with van der Waals surface area (Å²) < 4.78 is 8.01. The number of nitrogens with zero attached hydrogens (tertiary/aromatic N) is 2. The summed E-state index contributed by atoms with van der Waals surface area (Å²) in [6, 6.07) is 15.5. The smallest absolute Gasteiger partial charge is 0.246 e. The average Bonchev–Trinajstić information content (AvgIpc) is 3.06. The van der Waals surface area contributed by atoms with Crippen molar-refractivity contribution in [3.05, 3.63) is 71.5 Å². The quantitative estimate of drug-likeness (QED) is 0.385. The van der Waals surface area contributed by atoms with Crippen molar-refractivity contribution in [2.45, 2.75) is 32.7 Å². The molecular formula is C23H26ClN3O2. The average molecular weight is 412 g/mol. The van der Waals surface area contributed by atoms with E-state index in [2.05, 4.69) is 22.5 Å². The highest BCUT2D eigenvalue weighted by atomic mass is 35.5. The number of hydrogen-bond donors (Lipinski definition) is 1. The number of aromatic nitrogens is 2. The highest BCUT2D eigenvalue weighted by molar-refractivity contribution is 6.30. The molecule has 0 fully saturated rings. The van der Waals surface area contributed by atoms with Crippen LogP contribution < -0.4 is 10.1 Å². The number of carbonyl (C=O) groups excluding carboxylic acids is 1.